The molecule has 0 fully saturated rings. The van der Waals surface area contributed by atoms with Crippen molar-refractivity contribution < 1.29 is 17.9 Å². The number of anilines is 1. The number of ether oxygens (including phenoxy) is 1. The smallest absolute Gasteiger partial charge is 0.271 e. The number of rotatable bonds is 7. The van der Waals surface area contributed by atoms with Crippen LogP contribution < -0.4 is 14.9 Å². The lowest BCUT2D eigenvalue weighted by molar-refractivity contribution is 0.0955. The standard InChI is InChI=1S/C24H22N4O4S/c1-16-20(19-10-3-4-11-21(19)26-16)15-25-27-24(29)17-8-7-9-18(14-17)33(30,31)28-22-12-5-6-13-23(22)32-2/h3-15,26,28H,1-2H3,(H,27,29)/b25-15+. The summed E-state index contributed by atoms with van der Waals surface area (Å²) in [6.45, 7) is 1.92. The number of fused-ring (bicyclic) bond motifs is 1. The van der Waals surface area contributed by atoms with E-state index in [1.54, 1.807) is 30.5 Å². The Labute approximate surface area is 191 Å². The number of aryl methyl sites for hydroxylation is 1. The quantitative estimate of drug-likeness (QED) is 0.284. The molecule has 0 radical (unpaired) electrons. The average molecular weight is 463 g/mol. The Morgan fingerprint density at radius 3 is 2.61 bits per heavy atom. The van der Waals surface area contributed by atoms with Crippen LogP contribution in [-0.4, -0.2) is 32.6 Å². The number of hydrazone groups is 1. The second-order valence-electron chi connectivity index (χ2n) is 7.24. The lowest BCUT2D eigenvalue weighted by Gasteiger charge is -2.12. The summed E-state index contributed by atoms with van der Waals surface area (Å²) in [6, 6.07) is 20.2. The van der Waals surface area contributed by atoms with Gasteiger partial charge in [0, 0.05) is 27.7 Å². The summed E-state index contributed by atoms with van der Waals surface area (Å²) in [5.74, 6) is -0.144. The minimum atomic E-state index is -3.94. The van der Waals surface area contributed by atoms with Crippen molar-refractivity contribution in [2.24, 2.45) is 5.10 Å². The van der Waals surface area contributed by atoms with Crippen LogP contribution in [0.5, 0.6) is 5.75 Å². The predicted octanol–water partition coefficient (Wildman–Crippen LogP) is 4.05. The van der Waals surface area contributed by atoms with Gasteiger partial charge in [0.05, 0.1) is 23.9 Å². The highest BCUT2D eigenvalue weighted by molar-refractivity contribution is 7.92. The molecule has 0 spiro atoms. The number of hydrogen-bond acceptors (Lipinski definition) is 5. The highest BCUT2D eigenvalue weighted by Gasteiger charge is 2.18. The fourth-order valence-corrected chi connectivity index (χ4v) is 4.54. The van der Waals surface area contributed by atoms with Crippen LogP contribution in [0.4, 0.5) is 5.69 Å². The third-order valence-corrected chi connectivity index (χ3v) is 6.42. The van der Waals surface area contributed by atoms with Gasteiger partial charge < -0.3 is 9.72 Å². The highest BCUT2D eigenvalue weighted by Crippen LogP contribution is 2.26. The highest BCUT2D eigenvalue weighted by atomic mass is 32.2. The van der Waals surface area contributed by atoms with Gasteiger partial charge in [0.15, 0.2) is 0 Å². The van der Waals surface area contributed by atoms with Crippen LogP contribution in [0.15, 0.2) is 82.8 Å². The number of methoxy groups -OCH3 is 1. The van der Waals surface area contributed by atoms with E-state index in [4.69, 9.17) is 4.74 Å². The predicted molar refractivity (Wildman–Crippen MR) is 128 cm³/mol. The number of benzene rings is 3. The Balaban J connectivity index is 1.51. The molecule has 1 aromatic heterocycles. The van der Waals surface area contributed by atoms with Crippen molar-refractivity contribution in [3.63, 3.8) is 0 Å². The molecular weight excluding hydrogens is 440 g/mol. The van der Waals surface area contributed by atoms with Gasteiger partial charge in [0.25, 0.3) is 15.9 Å². The minimum Gasteiger partial charge on any atom is -0.495 e. The number of carbonyl (C=O) groups excluding carboxylic acids is 1. The molecule has 4 aromatic rings. The van der Waals surface area contributed by atoms with Crippen LogP contribution in [-0.2, 0) is 10.0 Å². The first-order valence-electron chi connectivity index (χ1n) is 10.1. The summed E-state index contributed by atoms with van der Waals surface area (Å²) in [6.07, 6.45) is 1.57. The average Bonchev–Trinajstić information content (AvgIpc) is 3.14. The number of hydrogen-bond donors (Lipinski definition) is 3. The van der Waals surface area contributed by atoms with Gasteiger partial charge in [-0.2, -0.15) is 5.10 Å². The maximum Gasteiger partial charge on any atom is 0.271 e. The maximum absolute atomic E-state index is 12.8. The summed E-state index contributed by atoms with van der Waals surface area (Å²) < 4.78 is 33.4. The topological polar surface area (TPSA) is 113 Å². The number of nitrogens with zero attached hydrogens (tertiary/aromatic N) is 1. The van der Waals surface area contributed by atoms with E-state index in [-0.39, 0.29) is 10.5 Å². The van der Waals surface area contributed by atoms with Gasteiger partial charge in [-0.05, 0) is 43.3 Å². The van der Waals surface area contributed by atoms with Crippen molar-refractivity contribution in [2.75, 3.05) is 11.8 Å². The molecule has 1 heterocycles. The molecule has 0 bridgehead atoms. The first-order valence-corrected chi connectivity index (χ1v) is 11.5. The summed E-state index contributed by atoms with van der Waals surface area (Å²) in [4.78, 5) is 15.8. The van der Waals surface area contributed by atoms with Crippen LogP contribution in [0.3, 0.4) is 0 Å². The second-order valence-corrected chi connectivity index (χ2v) is 8.92. The summed E-state index contributed by atoms with van der Waals surface area (Å²) >= 11 is 0. The molecule has 0 saturated heterocycles. The molecule has 3 N–H and O–H groups in total. The Kier molecular flexibility index (Phi) is 6.14. The molecule has 0 aliphatic rings. The number of H-pyrrole nitrogens is 1. The zero-order valence-corrected chi connectivity index (χ0v) is 18.8. The fraction of sp³-hybridized carbons (Fsp3) is 0.0833. The zero-order valence-electron chi connectivity index (χ0n) is 18.0. The largest absolute Gasteiger partial charge is 0.495 e. The number of aromatic nitrogens is 1. The third kappa shape index (κ3) is 4.73. The van der Waals surface area contributed by atoms with Gasteiger partial charge in [-0.25, -0.2) is 13.8 Å². The molecule has 8 nitrogen and oxygen atoms in total. The van der Waals surface area contributed by atoms with Crippen LogP contribution in [0.1, 0.15) is 21.6 Å². The molecule has 3 aromatic carbocycles. The van der Waals surface area contributed by atoms with Crippen molar-refractivity contribution in [3.8, 4) is 5.75 Å². The van der Waals surface area contributed by atoms with E-state index in [0.29, 0.717) is 11.4 Å². The van der Waals surface area contributed by atoms with Crippen LogP contribution in [0.25, 0.3) is 10.9 Å². The van der Waals surface area contributed by atoms with E-state index in [0.717, 1.165) is 22.2 Å². The van der Waals surface area contributed by atoms with E-state index in [1.165, 1.54) is 31.4 Å². The maximum atomic E-state index is 12.8. The lowest BCUT2D eigenvalue weighted by atomic mass is 10.1. The number of para-hydroxylation sites is 3. The number of nitrogens with one attached hydrogen (secondary N) is 3. The fourth-order valence-electron chi connectivity index (χ4n) is 3.42. The van der Waals surface area contributed by atoms with Gasteiger partial charge in [-0.15, -0.1) is 0 Å². The molecule has 9 heteroatoms. The van der Waals surface area contributed by atoms with Crippen molar-refractivity contribution in [1.82, 2.24) is 10.4 Å². The number of carbonyl (C=O) groups is 1. The van der Waals surface area contributed by atoms with E-state index in [9.17, 15) is 13.2 Å². The van der Waals surface area contributed by atoms with Crippen molar-refractivity contribution in [3.05, 3.63) is 89.6 Å². The molecular formula is C24H22N4O4S. The normalized spacial score (nSPS) is 11.6. The molecule has 168 valence electrons. The first-order chi connectivity index (χ1) is 15.9. The van der Waals surface area contributed by atoms with Crippen molar-refractivity contribution in [1.29, 1.82) is 0 Å². The molecule has 0 saturated carbocycles. The summed E-state index contributed by atoms with van der Waals surface area (Å²) in [7, 11) is -2.49. The Bertz CT molecular complexity index is 1460. The Morgan fingerprint density at radius 1 is 1.03 bits per heavy atom. The van der Waals surface area contributed by atoms with Crippen LogP contribution >= 0.6 is 0 Å². The van der Waals surface area contributed by atoms with E-state index < -0.39 is 15.9 Å². The monoisotopic (exact) mass is 462 g/mol. The SMILES string of the molecule is COc1ccccc1NS(=O)(=O)c1cccc(C(=O)N/N=C/c2c(C)[nH]c3ccccc23)c1. The van der Waals surface area contributed by atoms with Gasteiger partial charge in [-0.1, -0.05) is 36.4 Å². The third-order valence-electron chi connectivity index (χ3n) is 5.06. The Morgan fingerprint density at radius 2 is 1.79 bits per heavy atom. The van der Waals surface area contributed by atoms with E-state index in [2.05, 4.69) is 20.2 Å². The molecule has 0 aliphatic carbocycles. The van der Waals surface area contributed by atoms with Crippen LogP contribution in [0, 0.1) is 6.92 Å². The van der Waals surface area contributed by atoms with Crippen molar-refractivity contribution in [2.45, 2.75) is 11.8 Å². The van der Waals surface area contributed by atoms with Gasteiger partial charge >= 0.3 is 0 Å². The molecule has 0 unspecified atom stereocenters. The van der Waals surface area contributed by atoms with Crippen LogP contribution in [0.2, 0.25) is 0 Å². The Hall–Kier alpha value is -4.11. The molecule has 0 atom stereocenters. The summed E-state index contributed by atoms with van der Waals surface area (Å²) in [5.41, 5.74) is 5.68. The molecule has 33 heavy (non-hydrogen) atoms. The van der Waals surface area contributed by atoms with Gasteiger partial charge in [-0.3, -0.25) is 9.52 Å². The van der Waals surface area contributed by atoms with E-state index >= 15 is 0 Å². The van der Waals surface area contributed by atoms with E-state index in [1.807, 2.05) is 31.2 Å². The molecule has 0 aliphatic heterocycles. The molecule has 1 amide bonds. The first kappa shape index (κ1) is 22.1. The zero-order chi connectivity index (χ0) is 23.4. The number of aromatic amines is 1. The summed E-state index contributed by atoms with van der Waals surface area (Å²) in [5, 5.41) is 5.05. The van der Waals surface area contributed by atoms with Gasteiger partial charge in [0.1, 0.15) is 5.75 Å². The number of amides is 1. The van der Waals surface area contributed by atoms with Gasteiger partial charge in [0.2, 0.25) is 0 Å². The molecule has 4 rings (SSSR count). The minimum absolute atomic E-state index is 0.0579. The van der Waals surface area contributed by atoms with Crippen molar-refractivity contribution >= 4 is 38.7 Å². The number of sulfonamides is 1. The lowest BCUT2D eigenvalue weighted by Crippen LogP contribution is -2.19. The second kappa shape index (κ2) is 9.17.